The van der Waals surface area contributed by atoms with Gasteiger partial charge in [0.1, 0.15) is 0 Å². The zero-order valence-corrected chi connectivity index (χ0v) is 12.5. The summed E-state index contributed by atoms with van der Waals surface area (Å²) in [6, 6.07) is 10.2. The van der Waals surface area contributed by atoms with Crippen molar-refractivity contribution in [2.24, 2.45) is 0 Å². The molecule has 1 aromatic rings. The maximum Gasteiger partial charge on any atom is 0.0770 e. The Bertz CT molecular complexity index is 326. The Morgan fingerprint density at radius 1 is 1.00 bits per heavy atom. The fourth-order valence-electron chi connectivity index (χ4n) is 2.15. The summed E-state index contributed by atoms with van der Waals surface area (Å²) in [7, 11) is 0. The Kier molecular flexibility index (Phi) is 9.29. The lowest BCUT2D eigenvalue weighted by atomic mass is 10.1. The molecule has 1 rings (SSSR count). The van der Waals surface area contributed by atoms with Gasteiger partial charge in [0.15, 0.2) is 0 Å². The third-order valence-electron chi connectivity index (χ3n) is 3.49. The van der Waals surface area contributed by atoms with E-state index in [0.29, 0.717) is 19.1 Å². The van der Waals surface area contributed by atoms with Crippen molar-refractivity contribution in [2.45, 2.75) is 64.3 Å². The molecule has 0 saturated carbocycles. The first-order valence-electron chi connectivity index (χ1n) is 7.67. The molecular weight excluding hydrogens is 252 g/mol. The molecule has 0 aromatic heterocycles. The molecule has 0 aliphatic rings. The standard InChI is InChI=1S/C17H28O3/c1-15(20-14-16-10-6-4-7-11-16)9-5-2-3-8-12-17(19)13-18/h4,6-7,10-11,15,17-19H,2-3,5,8-9,12-14H2,1H3/t15-,17-/m0/s1. The quantitative estimate of drug-likeness (QED) is 0.612. The van der Waals surface area contributed by atoms with Gasteiger partial charge in [0.05, 0.1) is 25.4 Å². The van der Waals surface area contributed by atoms with Crippen molar-refractivity contribution in [3.05, 3.63) is 35.9 Å². The van der Waals surface area contributed by atoms with E-state index in [1.165, 1.54) is 5.56 Å². The first-order chi connectivity index (χ1) is 9.72. The van der Waals surface area contributed by atoms with E-state index in [9.17, 15) is 5.11 Å². The monoisotopic (exact) mass is 280 g/mol. The van der Waals surface area contributed by atoms with E-state index in [4.69, 9.17) is 9.84 Å². The third-order valence-corrected chi connectivity index (χ3v) is 3.49. The Morgan fingerprint density at radius 2 is 1.65 bits per heavy atom. The molecule has 0 aliphatic heterocycles. The molecule has 114 valence electrons. The van der Waals surface area contributed by atoms with Gasteiger partial charge < -0.3 is 14.9 Å². The van der Waals surface area contributed by atoms with Crippen LogP contribution in [0.2, 0.25) is 0 Å². The van der Waals surface area contributed by atoms with Crippen molar-refractivity contribution < 1.29 is 14.9 Å². The van der Waals surface area contributed by atoms with Gasteiger partial charge in [0, 0.05) is 0 Å². The summed E-state index contributed by atoms with van der Waals surface area (Å²) >= 11 is 0. The molecule has 0 amide bonds. The second-order valence-corrected chi connectivity index (χ2v) is 5.44. The lowest BCUT2D eigenvalue weighted by Gasteiger charge is -2.13. The molecule has 0 bridgehead atoms. The normalized spacial score (nSPS) is 14.2. The van der Waals surface area contributed by atoms with E-state index in [1.54, 1.807) is 0 Å². The third kappa shape index (κ3) is 8.31. The summed E-state index contributed by atoms with van der Waals surface area (Å²) in [5.74, 6) is 0. The largest absolute Gasteiger partial charge is 0.394 e. The van der Waals surface area contributed by atoms with Crippen molar-refractivity contribution in [3.8, 4) is 0 Å². The van der Waals surface area contributed by atoms with Gasteiger partial charge in [-0.05, 0) is 25.3 Å². The van der Waals surface area contributed by atoms with Crippen LogP contribution in [-0.2, 0) is 11.3 Å². The molecule has 3 nitrogen and oxygen atoms in total. The van der Waals surface area contributed by atoms with Crippen LogP contribution in [0.15, 0.2) is 30.3 Å². The summed E-state index contributed by atoms with van der Waals surface area (Å²) < 4.78 is 5.82. The molecule has 0 aliphatic carbocycles. The Hall–Kier alpha value is -0.900. The average Bonchev–Trinajstić information content (AvgIpc) is 2.49. The molecule has 0 radical (unpaired) electrons. The number of hydrogen-bond acceptors (Lipinski definition) is 3. The Labute approximate surface area is 122 Å². The highest BCUT2D eigenvalue weighted by Gasteiger charge is 2.04. The van der Waals surface area contributed by atoms with Crippen molar-refractivity contribution in [3.63, 3.8) is 0 Å². The number of aliphatic hydroxyl groups is 2. The molecule has 20 heavy (non-hydrogen) atoms. The van der Waals surface area contributed by atoms with Gasteiger partial charge in [-0.1, -0.05) is 56.0 Å². The molecule has 2 N–H and O–H groups in total. The first kappa shape index (κ1) is 17.2. The summed E-state index contributed by atoms with van der Waals surface area (Å²) in [5, 5.41) is 17.9. The van der Waals surface area contributed by atoms with Crippen molar-refractivity contribution in [1.29, 1.82) is 0 Å². The zero-order chi connectivity index (χ0) is 14.6. The lowest BCUT2D eigenvalue weighted by Crippen LogP contribution is -2.11. The van der Waals surface area contributed by atoms with Crippen LogP contribution in [-0.4, -0.2) is 29.0 Å². The van der Waals surface area contributed by atoms with Crippen LogP contribution < -0.4 is 0 Å². The highest BCUT2D eigenvalue weighted by atomic mass is 16.5. The van der Waals surface area contributed by atoms with E-state index in [1.807, 2.05) is 18.2 Å². The SMILES string of the molecule is C[C@@H](CCCCCC[C@H](O)CO)OCc1ccccc1. The number of unbranched alkanes of at least 4 members (excludes halogenated alkanes) is 3. The minimum absolute atomic E-state index is 0.121. The van der Waals surface area contributed by atoms with E-state index in [-0.39, 0.29) is 6.61 Å². The number of rotatable bonds is 11. The molecule has 2 atom stereocenters. The summed E-state index contributed by atoms with van der Waals surface area (Å²) in [5.41, 5.74) is 1.22. The van der Waals surface area contributed by atoms with Crippen LogP contribution >= 0.6 is 0 Å². The van der Waals surface area contributed by atoms with Gasteiger partial charge in [0.25, 0.3) is 0 Å². The van der Waals surface area contributed by atoms with Crippen LogP contribution in [0.4, 0.5) is 0 Å². The number of benzene rings is 1. The van der Waals surface area contributed by atoms with Gasteiger partial charge in [-0.25, -0.2) is 0 Å². The summed E-state index contributed by atoms with van der Waals surface area (Å²) in [6.45, 7) is 2.69. The van der Waals surface area contributed by atoms with E-state index >= 15 is 0 Å². The first-order valence-corrected chi connectivity index (χ1v) is 7.67. The maximum absolute atomic E-state index is 9.21. The topological polar surface area (TPSA) is 49.7 Å². The second-order valence-electron chi connectivity index (χ2n) is 5.44. The number of hydrogen-bond donors (Lipinski definition) is 2. The summed E-state index contributed by atoms with van der Waals surface area (Å²) in [6.07, 6.45) is 5.96. The van der Waals surface area contributed by atoms with Crippen molar-refractivity contribution in [2.75, 3.05) is 6.61 Å². The minimum Gasteiger partial charge on any atom is -0.394 e. The van der Waals surface area contributed by atoms with Crippen LogP contribution in [0.3, 0.4) is 0 Å². The predicted octanol–water partition coefficient (Wildman–Crippen LogP) is 3.29. The van der Waals surface area contributed by atoms with Gasteiger partial charge in [-0.2, -0.15) is 0 Å². The molecule has 0 unspecified atom stereocenters. The molecule has 0 spiro atoms. The van der Waals surface area contributed by atoms with Gasteiger partial charge in [-0.15, -0.1) is 0 Å². The van der Waals surface area contributed by atoms with Crippen LogP contribution in [0.1, 0.15) is 51.0 Å². The van der Waals surface area contributed by atoms with E-state index < -0.39 is 6.10 Å². The zero-order valence-electron chi connectivity index (χ0n) is 12.5. The Balaban J connectivity index is 1.96. The molecule has 3 heteroatoms. The maximum atomic E-state index is 9.21. The van der Waals surface area contributed by atoms with Crippen LogP contribution in [0.25, 0.3) is 0 Å². The van der Waals surface area contributed by atoms with Crippen LogP contribution in [0, 0.1) is 0 Å². The second kappa shape index (κ2) is 10.8. The number of aliphatic hydroxyl groups excluding tert-OH is 2. The predicted molar refractivity (Wildman–Crippen MR) is 81.5 cm³/mol. The highest BCUT2D eigenvalue weighted by molar-refractivity contribution is 5.13. The summed E-state index contributed by atoms with van der Waals surface area (Å²) in [4.78, 5) is 0. The highest BCUT2D eigenvalue weighted by Crippen LogP contribution is 2.12. The van der Waals surface area contributed by atoms with E-state index in [0.717, 1.165) is 32.1 Å². The smallest absolute Gasteiger partial charge is 0.0770 e. The van der Waals surface area contributed by atoms with Crippen molar-refractivity contribution in [1.82, 2.24) is 0 Å². The average molecular weight is 280 g/mol. The molecule has 0 heterocycles. The van der Waals surface area contributed by atoms with Crippen molar-refractivity contribution >= 4 is 0 Å². The van der Waals surface area contributed by atoms with Gasteiger partial charge in [-0.3, -0.25) is 0 Å². The fourth-order valence-corrected chi connectivity index (χ4v) is 2.15. The lowest BCUT2D eigenvalue weighted by molar-refractivity contribution is 0.0457. The van der Waals surface area contributed by atoms with Gasteiger partial charge >= 0.3 is 0 Å². The Morgan fingerprint density at radius 3 is 2.30 bits per heavy atom. The minimum atomic E-state index is -0.539. The van der Waals surface area contributed by atoms with Gasteiger partial charge in [0.2, 0.25) is 0 Å². The molecular formula is C17H28O3. The molecule has 0 saturated heterocycles. The van der Waals surface area contributed by atoms with E-state index in [2.05, 4.69) is 19.1 Å². The number of ether oxygens (including phenoxy) is 1. The fraction of sp³-hybridized carbons (Fsp3) is 0.647. The van der Waals surface area contributed by atoms with Crippen LogP contribution in [0.5, 0.6) is 0 Å². The molecule has 0 fully saturated rings. The molecule has 1 aromatic carbocycles.